The van der Waals surface area contributed by atoms with Gasteiger partial charge in [-0.15, -0.1) is 0 Å². The molecule has 1 aromatic carbocycles. The van der Waals surface area contributed by atoms with E-state index in [1.165, 1.54) is 0 Å². The lowest BCUT2D eigenvalue weighted by Crippen LogP contribution is -2.39. The van der Waals surface area contributed by atoms with Gasteiger partial charge < -0.3 is 10.1 Å². The fourth-order valence-corrected chi connectivity index (χ4v) is 1.52. The topological polar surface area (TPSA) is 38.3 Å². The zero-order valence-corrected chi connectivity index (χ0v) is 8.10. The van der Waals surface area contributed by atoms with Gasteiger partial charge in [-0.2, -0.15) is 0 Å². The maximum absolute atomic E-state index is 13.3. The van der Waals surface area contributed by atoms with Gasteiger partial charge in [0.2, 0.25) is 5.91 Å². The van der Waals surface area contributed by atoms with Gasteiger partial charge in [0.05, 0.1) is 5.56 Å². The molecule has 2 rings (SSSR count). The molecule has 1 N–H and O–H groups in total. The van der Waals surface area contributed by atoms with Crippen LogP contribution in [0.1, 0.15) is 11.7 Å². The summed E-state index contributed by atoms with van der Waals surface area (Å²) in [4.78, 5) is 10.8. The number of carbonyl (C=O) groups is 1. The van der Waals surface area contributed by atoms with Gasteiger partial charge in [-0.1, -0.05) is 0 Å². The zero-order chi connectivity index (χ0) is 11.7. The largest absolute Gasteiger partial charge is 0.362 e. The predicted octanol–water partition coefficient (Wildman–Crippen LogP) is 1.29. The van der Waals surface area contributed by atoms with Crippen LogP contribution in [0.3, 0.4) is 0 Å². The summed E-state index contributed by atoms with van der Waals surface area (Å²) in [5, 5.41) is 2.38. The van der Waals surface area contributed by atoms with Crippen molar-refractivity contribution in [1.82, 2.24) is 5.32 Å². The Morgan fingerprint density at radius 3 is 2.56 bits per heavy atom. The molecule has 1 aromatic rings. The number of carbonyl (C=O) groups excluding carboxylic acids is 1. The highest BCUT2D eigenvalue weighted by Crippen LogP contribution is 2.26. The highest BCUT2D eigenvalue weighted by Gasteiger charge is 2.27. The van der Waals surface area contributed by atoms with Crippen molar-refractivity contribution in [2.45, 2.75) is 6.10 Å². The number of hydrogen-bond acceptors (Lipinski definition) is 2. The zero-order valence-electron chi connectivity index (χ0n) is 8.10. The molecule has 3 nitrogen and oxygen atoms in total. The van der Waals surface area contributed by atoms with Gasteiger partial charge in [0.15, 0.2) is 11.6 Å². The summed E-state index contributed by atoms with van der Waals surface area (Å²) in [5.41, 5.74) is -0.486. The van der Waals surface area contributed by atoms with E-state index in [1.54, 1.807) is 0 Å². The molecule has 0 spiro atoms. The van der Waals surface area contributed by atoms with Gasteiger partial charge in [-0.25, -0.2) is 13.2 Å². The molecule has 1 heterocycles. The Labute approximate surface area is 89.2 Å². The van der Waals surface area contributed by atoms with E-state index < -0.39 is 29.1 Å². The van der Waals surface area contributed by atoms with E-state index in [1.807, 2.05) is 0 Å². The van der Waals surface area contributed by atoms with Crippen molar-refractivity contribution >= 4 is 5.91 Å². The third kappa shape index (κ3) is 1.88. The van der Waals surface area contributed by atoms with Crippen LogP contribution in [0.15, 0.2) is 12.1 Å². The molecule has 1 amide bonds. The van der Waals surface area contributed by atoms with Gasteiger partial charge >= 0.3 is 0 Å². The quantitative estimate of drug-likeness (QED) is 0.739. The molecule has 86 valence electrons. The van der Waals surface area contributed by atoms with Crippen molar-refractivity contribution in [1.29, 1.82) is 0 Å². The highest BCUT2D eigenvalue weighted by atomic mass is 19.2. The van der Waals surface area contributed by atoms with Crippen LogP contribution in [0, 0.1) is 17.5 Å². The Morgan fingerprint density at radius 1 is 1.25 bits per heavy atom. The molecular weight excluding hydrogens is 223 g/mol. The second-order valence-electron chi connectivity index (χ2n) is 3.36. The van der Waals surface area contributed by atoms with Crippen molar-refractivity contribution < 1.29 is 22.7 Å². The Bertz CT molecular complexity index is 426. The van der Waals surface area contributed by atoms with Crippen molar-refractivity contribution in [3.8, 4) is 0 Å². The van der Waals surface area contributed by atoms with Crippen molar-refractivity contribution in [2.24, 2.45) is 0 Å². The fourth-order valence-electron chi connectivity index (χ4n) is 1.52. The molecule has 1 atom stereocenters. The van der Waals surface area contributed by atoms with Crippen LogP contribution < -0.4 is 5.32 Å². The second-order valence-corrected chi connectivity index (χ2v) is 3.36. The van der Waals surface area contributed by atoms with Gasteiger partial charge in [-0.05, 0) is 12.1 Å². The van der Waals surface area contributed by atoms with E-state index in [9.17, 15) is 18.0 Å². The maximum atomic E-state index is 13.3. The minimum Gasteiger partial charge on any atom is -0.362 e. The van der Waals surface area contributed by atoms with Crippen LogP contribution in [-0.2, 0) is 9.53 Å². The summed E-state index contributed by atoms with van der Waals surface area (Å²) < 4.78 is 44.5. The first-order valence-electron chi connectivity index (χ1n) is 4.61. The number of ether oxygens (including phenoxy) is 1. The molecule has 0 saturated carbocycles. The Hall–Kier alpha value is -1.56. The van der Waals surface area contributed by atoms with E-state index in [0.29, 0.717) is 6.07 Å². The lowest BCUT2D eigenvalue weighted by Gasteiger charge is -2.24. The summed E-state index contributed by atoms with van der Waals surface area (Å²) in [5.74, 6) is -3.67. The standard InChI is InChI=1S/C10H8F3NO2/c11-5-1-2-6(12)10(13)9(5)7-3-14-8(15)4-16-7/h1-2,7H,3-4H2,(H,14,15)/t7-/m0/s1. The van der Waals surface area contributed by atoms with Crippen LogP contribution in [0.4, 0.5) is 13.2 Å². The third-order valence-corrected chi connectivity index (χ3v) is 2.30. The molecule has 16 heavy (non-hydrogen) atoms. The summed E-state index contributed by atoms with van der Waals surface area (Å²) in [6.45, 7) is -0.365. The monoisotopic (exact) mass is 231 g/mol. The lowest BCUT2D eigenvalue weighted by atomic mass is 10.1. The summed E-state index contributed by atoms with van der Waals surface area (Å²) in [6, 6.07) is 1.53. The van der Waals surface area contributed by atoms with Gasteiger partial charge in [-0.3, -0.25) is 4.79 Å². The van der Waals surface area contributed by atoms with Crippen LogP contribution in [0.2, 0.25) is 0 Å². The van der Waals surface area contributed by atoms with E-state index in [2.05, 4.69) is 5.32 Å². The minimum atomic E-state index is -1.28. The fraction of sp³-hybridized carbons (Fsp3) is 0.300. The molecular formula is C10H8F3NO2. The van der Waals surface area contributed by atoms with E-state index >= 15 is 0 Å². The number of amides is 1. The maximum Gasteiger partial charge on any atom is 0.246 e. The minimum absolute atomic E-state index is 0.0733. The van der Waals surface area contributed by atoms with E-state index in [-0.39, 0.29) is 19.1 Å². The van der Waals surface area contributed by atoms with Gasteiger partial charge in [0.1, 0.15) is 18.5 Å². The first-order chi connectivity index (χ1) is 7.59. The van der Waals surface area contributed by atoms with Crippen molar-refractivity contribution in [2.75, 3.05) is 13.2 Å². The Kier molecular flexibility index (Phi) is 2.82. The number of rotatable bonds is 1. The smallest absolute Gasteiger partial charge is 0.246 e. The number of hydrogen-bond donors (Lipinski definition) is 1. The number of morpholine rings is 1. The molecule has 1 aliphatic heterocycles. The van der Waals surface area contributed by atoms with Crippen LogP contribution in [0.25, 0.3) is 0 Å². The second kappa shape index (κ2) is 4.13. The van der Waals surface area contributed by atoms with Crippen LogP contribution >= 0.6 is 0 Å². The third-order valence-electron chi connectivity index (χ3n) is 2.30. The van der Waals surface area contributed by atoms with E-state index in [0.717, 1.165) is 6.07 Å². The lowest BCUT2D eigenvalue weighted by molar-refractivity contribution is -0.133. The molecule has 0 unspecified atom stereocenters. The molecule has 1 saturated heterocycles. The summed E-state index contributed by atoms with van der Waals surface area (Å²) in [7, 11) is 0. The molecule has 1 fully saturated rings. The SMILES string of the molecule is O=C1CO[C@H](c2c(F)ccc(F)c2F)CN1. The molecule has 0 aliphatic carbocycles. The molecule has 0 radical (unpaired) electrons. The van der Waals surface area contributed by atoms with Crippen molar-refractivity contribution in [3.63, 3.8) is 0 Å². The summed E-state index contributed by atoms with van der Waals surface area (Å²) >= 11 is 0. The number of benzene rings is 1. The number of nitrogens with one attached hydrogen (secondary N) is 1. The Balaban J connectivity index is 2.33. The summed E-state index contributed by atoms with van der Waals surface area (Å²) in [6.07, 6.45) is -0.992. The Morgan fingerprint density at radius 2 is 1.94 bits per heavy atom. The first-order valence-corrected chi connectivity index (χ1v) is 4.61. The van der Waals surface area contributed by atoms with E-state index in [4.69, 9.17) is 4.74 Å². The first kappa shape index (κ1) is 10.9. The average Bonchev–Trinajstić information content (AvgIpc) is 2.27. The van der Waals surface area contributed by atoms with Gasteiger partial charge in [0, 0.05) is 6.54 Å². The molecule has 0 aromatic heterocycles. The molecule has 1 aliphatic rings. The molecule has 6 heteroatoms. The normalized spacial score (nSPS) is 20.7. The van der Waals surface area contributed by atoms with Crippen LogP contribution in [0.5, 0.6) is 0 Å². The van der Waals surface area contributed by atoms with Gasteiger partial charge in [0.25, 0.3) is 0 Å². The highest BCUT2D eigenvalue weighted by molar-refractivity contribution is 5.77. The average molecular weight is 231 g/mol. The van der Waals surface area contributed by atoms with Crippen LogP contribution in [-0.4, -0.2) is 19.1 Å². The predicted molar refractivity (Wildman–Crippen MR) is 48.0 cm³/mol. The molecule has 0 bridgehead atoms. The number of halogens is 3. The van der Waals surface area contributed by atoms with Crippen molar-refractivity contribution in [3.05, 3.63) is 35.1 Å².